The van der Waals surface area contributed by atoms with Gasteiger partial charge in [-0.2, -0.15) is 0 Å². The molecule has 1 aromatic carbocycles. The van der Waals surface area contributed by atoms with Crippen molar-refractivity contribution in [3.63, 3.8) is 0 Å². The lowest BCUT2D eigenvalue weighted by Crippen LogP contribution is -2.13. The Morgan fingerprint density at radius 1 is 1.32 bits per heavy atom. The van der Waals surface area contributed by atoms with Gasteiger partial charge >= 0.3 is 0 Å². The molecule has 22 heavy (non-hydrogen) atoms. The molecule has 5 nitrogen and oxygen atoms in total. The van der Waals surface area contributed by atoms with Crippen LogP contribution in [0.15, 0.2) is 42.7 Å². The van der Waals surface area contributed by atoms with Gasteiger partial charge in [-0.05, 0) is 36.8 Å². The van der Waals surface area contributed by atoms with Crippen LogP contribution in [-0.4, -0.2) is 15.3 Å². The van der Waals surface area contributed by atoms with Gasteiger partial charge in [0.1, 0.15) is 18.0 Å². The first-order chi connectivity index (χ1) is 10.5. The van der Waals surface area contributed by atoms with Gasteiger partial charge in [-0.15, -0.1) is 0 Å². The number of aryl methyl sites for hydroxylation is 1. The Hall–Kier alpha value is -2.53. The number of benzene rings is 1. The van der Waals surface area contributed by atoms with Gasteiger partial charge in [-0.3, -0.25) is 4.79 Å². The summed E-state index contributed by atoms with van der Waals surface area (Å²) in [6, 6.07) is 8.65. The molecule has 0 bridgehead atoms. The molecule has 3 aromatic rings. The minimum atomic E-state index is -0.558. The van der Waals surface area contributed by atoms with E-state index in [0.29, 0.717) is 16.3 Å². The number of halogens is 1. The number of nitrogens with two attached hydrogens (primary N) is 1. The van der Waals surface area contributed by atoms with E-state index in [1.54, 1.807) is 18.2 Å². The monoisotopic (exact) mass is 315 g/mol. The van der Waals surface area contributed by atoms with E-state index in [0.717, 1.165) is 16.9 Å². The molecular formula is C16H14ClN3O2. The minimum Gasteiger partial charge on any atom is -0.486 e. The maximum atomic E-state index is 11.4. The standard InChI is InChI=1S/C16H14ClN3O2/c1-10-2-5-15-19-12(8-20(15)7-10)9-22-14-6-11(17)3-4-13(14)16(18)21/h2-8H,9H2,1H3,(H2,18,21). The maximum Gasteiger partial charge on any atom is 0.252 e. The molecule has 0 atom stereocenters. The Labute approximate surface area is 132 Å². The van der Waals surface area contributed by atoms with Crippen LogP contribution in [0, 0.1) is 6.92 Å². The third-order valence-corrected chi connectivity index (χ3v) is 3.47. The molecule has 112 valence electrons. The van der Waals surface area contributed by atoms with Gasteiger partial charge in [0.15, 0.2) is 0 Å². The molecule has 0 spiro atoms. The van der Waals surface area contributed by atoms with Crippen molar-refractivity contribution in [2.75, 3.05) is 0 Å². The van der Waals surface area contributed by atoms with E-state index in [4.69, 9.17) is 22.1 Å². The van der Waals surface area contributed by atoms with E-state index < -0.39 is 5.91 Å². The van der Waals surface area contributed by atoms with Crippen molar-refractivity contribution in [3.05, 3.63) is 64.6 Å². The number of nitrogens with zero attached hydrogens (tertiary/aromatic N) is 2. The summed E-state index contributed by atoms with van der Waals surface area (Å²) in [5, 5.41) is 0.477. The molecular weight excluding hydrogens is 302 g/mol. The molecule has 6 heteroatoms. The van der Waals surface area contributed by atoms with E-state index >= 15 is 0 Å². The van der Waals surface area contributed by atoms with Crippen LogP contribution in [0.5, 0.6) is 5.75 Å². The van der Waals surface area contributed by atoms with E-state index in [2.05, 4.69) is 4.98 Å². The Balaban J connectivity index is 1.84. The zero-order valence-corrected chi connectivity index (χ0v) is 12.7. The lowest BCUT2D eigenvalue weighted by Gasteiger charge is -2.08. The summed E-state index contributed by atoms with van der Waals surface area (Å²) in [6.07, 6.45) is 3.87. The molecule has 2 heterocycles. The van der Waals surface area contributed by atoms with Crippen molar-refractivity contribution in [1.29, 1.82) is 0 Å². The first kappa shape index (κ1) is 14.4. The van der Waals surface area contributed by atoms with Crippen LogP contribution in [0.25, 0.3) is 5.65 Å². The molecule has 3 rings (SSSR count). The van der Waals surface area contributed by atoms with Crippen molar-refractivity contribution in [3.8, 4) is 5.75 Å². The largest absolute Gasteiger partial charge is 0.486 e. The second-order valence-corrected chi connectivity index (χ2v) is 5.43. The number of carbonyl (C=O) groups is 1. The highest BCUT2D eigenvalue weighted by Gasteiger charge is 2.11. The van der Waals surface area contributed by atoms with Gasteiger partial charge in [-0.1, -0.05) is 17.7 Å². The number of carbonyl (C=O) groups excluding carboxylic acids is 1. The number of hydrogen-bond donors (Lipinski definition) is 1. The zero-order valence-electron chi connectivity index (χ0n) is 11.9. The van der Waals surface area contributed by atoms with Crippen LogP contribution in [-0.2, 0) is 6.61 Å². The van der Waals surface area contributed by atoms with Crippen molar-refractivity contribution in [2.24, 2.45) is 5.73 Å². The zero-order chi connectivity index (χ0) is 15.7. The fourth-order valence-electron chi connectivity index (χ4n) is 2.20. The summed E-state index contributed by atoms with van der Waals surface area (Å²) in [4.78, 5) is 15.9. The number of primary amides is 1. The number of pyridine rings is 1. The topological polar surface area (TPSA) is 69.6 Å². The fraction of sp³-hybridized carbons (Fsp3) is 0.125. The molecule has 0 saturated carbocycles. The summed E-state index contributed by atoms with van der Waals surface area (Å²) >= 11 is 5.93. The Kier molecular flexibility index (Phi) is 3.73. The summed E-state index contributed by atoms with van der Waals surface area (Å²) in [5.74, 6) is -0.203. The van der Waals surface area contributed by atoms with Crippen molar-refractivity contribution >= 4 is 23.2 Å². The van der Waals surface area contributed by atoms with E-state index in [9.17, 15) is 4.79 Å². The van der Waals surface area contributed by atoms with Crippen LogP contribution < -0.4 is 10.5 Å². The van der Waals surface area contributed by atoms with Crippen LogP contribution >= 0.6 is 11.6 Å². The number of hydrogen-bond acceptors (Lipinski definition) is 3. The number of ether oxygens (including phenoxy) is 1. The lowest BCUT2D eigenvalue weighted by molar-refractivity contribution is 0.0996. The van der Waals surface area contributed by atoms with Crippen molar-refractivity contribution in [2.45, 2.75) is 13.5 Å². The predicted octanol–water partition coefficient (Wildman–Crippen LogP) is 2.97. The smallest absolute Gasteiger partial charge is 0.252 e. The van der Waals surface area contributed by atoms with Gasteiger partial charge in [0.2, 0.25) is 0 Å². The van der Waals surface area contributed by atoms with E-state index in [-0.39, 0.29) is 6.61 Å². The van der Waals surface area contributed by atoms with Crippen molar-refractivity contribution < 1.29 is 9.53 Å². The van der Waals surface area contributed by atoms with E-state index in [1.165, 1.54) is 0 Å². The quantitative estimate of drug-likeness (QED) is 0.804. The van der Waals surface area contributed by atoms with Gasteiger partial charge in [0.05, 0.1) is 11.3 Å². The Morgan fingerprint density at radius 2 is 2.14 bits per heavy atom. The molecule has 0 unspecified atom stereocenters. The number of aromatic nitrogens is 2. The Morgan fingerprint density at radius 3 is 2.91 bits per heavy atom. The molecule has 0 aliphatic heterocycles. The summed E-state index contributed by atoms with van der Waals surface area (Å²) in [6.45, 7) is 2.24. The lowest BCUT2D eigenvalue weighted by atomic mass is 10.2. The molecule has 0 fully saturated rings. The number of amides is 1. The highest BCUT2D eigenvalue weighted by Crippen LogP contribution is 2.24. The molecule has 0 saturated heterocycles. The highest BCUT2D eigenvalue weighted by atomic mass is 35.5. The fourth-order valence-corrected chi connectivity index (χ4v) is 2.36. The van der Waals surface area contributed by atoms with Gasteiger partial charge in [0.25, 0.3) is 5.91 Å². The van der Waals surface area contributed by atoms with Crippen LogP contribution in [0.1, 0.15) is 21.6 Å². The highest BCUT2D eigenvalue weighted by molar-refractivity contribution is 6.30. The van der Waals surface area contributed by atoms with Crippen LogP contribution in [0.2, 0.25) is 5.02 Å². The second-order valence-electron chi connectivity index (χ2n) is 5.00. The van der Waals surface area contributed by atoms with Crippen LogP contribution in [0.4, 0.5) is 0 Å². The number of rotatable bonds is 4. The SMILES string of the molecule is Cc1ccc2nc(COc3cc(Cl)ccc3C(N)=O)cn2c1. The third kappa shape index (κ3) is 2.89. The summed E-state index contributed by atoms with van der Waals surface area (Å²) in [7, 11) is 0. The summed E-state index contributed by atoms with van der Waals surface area (Å²) < 4.78 is 7.60. The average molecular weight is 316 g/mol. The molecule has 0 aliphatic carbocycles. The molecule has 1 amide bonds. The third-order valence-electron chi connectivity index (χ3n) is 3.23. The summed E-state index contributed by atoms with van der Waals surface area (Å²) in [5.41, 5.74) is 8.36. The first-order valence-electron chi connectivity index (χ1n) is 6.69. The minimum absolute atomic E-state index is 0.224. The molecule has 0 radical (unpaired) electrons. The first-order valence-corrected chi connectivity index (χ1v) is 7.07. The number of fused-ring (bicyclic) bond motifs is 1. The van der Waals surface area contributed by atoms with Crippen LogP contribution in [0.3, 0.4) is 0 Å². The van der Waals surface area contributed by atoms with Gasteiger partial charge in [0, 0.05) is 17.4 Å². The Bertz CT molecular complexity index is 858. The predicted molar refractivity (Wildman–Crippen MR) is 84.2 cm³/mol. The van der Waals surface area contributed by atoms with Gasteiger partial charge in [-0.25, -0.2) is 4.98 Å². The molecule has 2 N–H and O–H groups in total. The second kappa shape index (κ2) is 5.69. The average Bonchev–Trinajstić information content (AvgIpc) is 2.86. The van der Waals surface area contributed by atoms with Crippen molar-refractivity contribution in [1.82, 2.24) is 9.38 Å². The van der Waals surface area contributed by atoms with E-state index in [1.807, 2.05) is 35.9 Å². The maximum absolute atomic E-state index is 11.4. The normalized spacial score (nSPS) is 10.8. The molecule has 0 aliphatic rings. The number of imidazole rings is 1. The molecule has 2 aromatic heterocycles. The van der Waals surface area contributed by atoms with Gasteiger partial charge < -0.3 is 14.9 Å².